The van der Waals surface area contributed by atoms with Crippen LogP contribution >= 0.6 is 12.4 Å². The van der Waals surface area contributed by atoms with Crippen LogP contribution in [0.3, 0.4) is 0 Å². The van der Waals surface area contributed by atoms with E-state index in [-0.39, 0.29) is 24.4 Å². The van der Waals surface area contributed by atoms with Crippen LogP contribution in [0.4, 0.5) is 5.69 Å². The lowest BCUT2D eigenvalue weighted by Gasteiger charge is -2.12. The molecule has 3 rings (SSSR count). The molecule has 0 saturated carbocycles. The minimum atomic E-state index is -0.0741. The van der Waals surface area contributed by atoms with Crippen molar-refractivity contribution in [2.75, 3.05) is 19.0 Å². The topological polar surface area (TPSA) is 59.6 Å². The van der Waals surface area contributed by atoms with Crippen LogP contribution < -0.4 is 15.4 Å². The Labute approximate surface area is 160 Å². The first-order chi connectivity index (χ1) is 12.2. The Morgan fingerprint density at radius 2 is 1.92 bits per heavy atom. The number of hydrogen-bond donors (Lipinski definition) is 2. The number of methoxy groups -OCH3 is 1. The molecule has 26 heavy (non-hydrogen) atoms. The molecule has 0 radical (unpaired) electrons. The van der Waals surface area contributed by atoms with Gasteiger partial charge >= 0.3 is 0 Å². The second kappa shape index (κ2) is 10.2. The quantitative estimate of drug-likeness (QED) is 0.776. The smallest absolute Gasteiger partial charge is 0.241 e. The third-order valence-corrected chi connectivity index (χ3v) is 4.27. The highest BCUT2D eigenvalue weighted by Gasteiger charge is 2.21. The van der Waals surface area contributed by atoms with E-state index in [1.165, 1.54) is 0 Å². The standard InChI is InChI=1S/C20H24N2O3.ClH/c1-24-18-9-7-15(8-10-18)13-25-14-16-4-2-5-17(12-16)22-20(23)19-6-3-11-21-19;/h2,4-5,7-10,12,19,21H,3,6,11,13-14H2,1H3,(H,22,23);1H. The van der Waals surface area contributed by atoms with Crippen molar-refractivity contribution >= 4 is 24.0 Å². The van der Waals surface area contributed by atoms with Crippen LogP contribution in [-0.4, -0.2) is 25.6 Å². The van der Waals surface area contributed by atoms with E-state index in [1.807, 2.05) is 48.5 Å². The summed E-state index contributed by atoms with van der Waals surface area (Å²) in [7, 11) is 1.65. The van der Waals surface area contributed by atoms with E-state index in [0.717, 1.165) is 42.0 Å². The summed E-state index contributed by atoms with van der Waals surface area (Å²) in [6.45, 7) is 1.95. The summed E-state index contributed by atoms with van der Waals surface area (Å²) in [5.74, 6) is 0.873. The summed E-state index contributed by atoms with van der Waals surface area (Å²) in [6.07, 6.45) is 1.95. The second-order valence-corrected chi connectivity index (χ2v) is 6.18. The Morgan fingerprint density at radius 1 is 1.15 bits per heavy atom. The van der Waals surface area contributed by atoms with Crippen LogP contribution in [-0.2, 0) is 22.7 Å². The first-order valence-corrected chi connectivity index (χ1v) is 8.58. The number of halogens is 1. The Morgan fingerprint density at radius 3 is 2.62 bits per heavy atom. The molecule has 0 spiro atoms. The maximum absolute atomic E-state index is 12.2. The van der Waals surface area contributed by atoms with Gasteiger partial charge in [0.05, 0.1) is 26.4 Å². The van der Waals surface area contributed by atoms with Crippen molar-refractivity contribution in [2.45, 2.75) is 32.1 Å². The molecule has 2 aromatic rings. The number of anilines is 1. The van der Waals surface area contributed by atoms with E-state index in [0.29, 0.717) is 13.2 Å². The minimum absolute atomic E-state index is 0. The lowest BCUT2D eigenvalue weighted by molar-refractivity contribution is -0.117. The minimum Gasteiger partial charge on any atom is -0.497 e. The number of rotatable bonds is 7. The predicted molar refractivity (Wildman–Crippen MR) is 105 cm³/mol. The summed E-state index contributed by atoms with van der Waals surface area (Å²) in [6, 6.07) is 15.5. The Kier molecular flexibility index (Phi) is 7.91. The first kappa shape index (κ1) is 20.2. The summed E-state index contributed by atoms with van der Waals surface area (Å²) < 4.78 is 10.9. The largest absolute Gasteiger partial charge is 0.497 e. The molecule has 1 fully saturated rings. The highest BCUT2D eigenvalue weighted by atomic mass is 35.5. The van der Waals surface area contributed by atoms with Crippen molar-refractivity contribution in [1.82, 2.24) is 5.32 Å². The Bertz CT molecular complexity index is 700. The Hall–Kier alpha value is -2.08. The molecule has 1 saturated heterocycles. The van der Waals surface area contributed by atoms with Gasteiger partial charge in [0, 0.05) is 5.69 Å². The van der Waals surface area contributed by atoms with Crippen molar-refractivity contribution < 1.29 is 14.3 Å². The Balaban J connectivity index is 0.00000243. The molecule has 2 aromatic carbocycles. The molecule has 1 aliphatic rings. The molecule has 140 valence electrons. The van der Waals surface area contributed by atoms with Crippen LogP contribution in [0.1, 0.15) is 24.0 Å². The van der Waals surface area contributed by atoms with E-state index >= 15 is 0 Å². The molecule has 1 atom stereocenters. The average Bonchev–Trinajstić information content (AvgIpc) is 3.17. The highest BCUT2D eigenvalue weighted by Crippen LogP contribution is 2.16. The van der Waals surface area contributed by atoms with E-state index in [1.54, 1.807) is 7.11 Å². The van der Waals surface area contributed by atoms with Gasteiger partial charge in [-0.2, -0.15) is 0 Å². The maximum atomic E-state index is 12.2. The summed E-state index contributed by atoms with van der Waals surface area (Å²) in [5, 5.41) is 6.18. The van der Waals surface area contributed by atoms with Gasteiger partial charge in [0.25, 0.3) is 0 Å². The SMILES string of the molecule is COc1ccc(COCc2cccc(NC(=O)C3CCCN3)c2)cc1.Cl. The van der Waals surface area contributed by atoms with Gasteiger partial charge in [0.1, 0.15) is 5.75 Å². The van der Waals surface area contributed by atoms with Crippen LogP contribution in [0.25, 0.3) is 0 Å². The molecular weight excluding hydrogens is 352 g/mol. The molecule has 1 amide bonds. The number of carbonyl (C=O) groups is 1. The van der Waals surface area contributed by atoms with Crippen LogP contribution in [0.2, 0.25) is 0 Å². The summed E-state index contributed by atoms with van der Waals surface area (Å²) in [5.41, 5.74) is 2.94. The summed E-state index contributed by atoms with van der Waals surface area (Å²) in [4.78, 5) is 12.2. The number of amides is 1. The molecule has 5 nitrogen and oxygen atoms in total. The van der Waals surface area contributed by atoms with Gasteiger partial charge in [0.15, 0.2) is 0 Å². The van der Waals surface area contributed by atoms with Gasteiger partial charge in [-0.25, -0.2) is 0 Å². The lowest BCUT2D eigenvalue weighted by Crippen LogP contribution is -2.35. The van der Waals surface area contributed by atoms with Crippen molar-refractivity contribution in [3.8, 4) is 5.75 Å². The second-order valence-electron chi connectivity index (χ2n) is 6.18. The maximum Gasteiger partial charge on any atom is 0.241 e. The van der Waals surface area contributed by atoms with Crippen LogP contribution in [0.5, 0.6) is 5.75 Å². The van der Waals surface area contributed by atoms with Gasteiger partial charge in [-0.05, 0) is 54.8 Å². The lowest BCUT2D eigenvalue weighted by atomic mass is 10.2. The number of nitrogens with one attached hydrogen (secondary N) is 2. The fourth-order valence-electron chi connectivity index (χ4n) is 2.89. The highest BCUT2D eigenvalue weighted by molar-refractivity contribution is 5.95. The van der Waals surface area contributed by atoms with Crippen molar-refractivity contribution in [2.24, 2.45) is 0 Å². The zero-order valence-electron chi connectivity index (χ0n) is 14.9. The van der Waals surface area contributed by atoms with Gasteiger partial charge in [-0.15, -0.1) is 12.4 Å². The van der Waals surface area contributed by atoms with Crippen molar-refractivity contribution in [1.29, 1.82) is 0 Å². The van der Waals surface area contributed by atoms with Crippen LogP contribution in [0, 0.1) is 0 Å². The van der Waals surface area contributed by atoms with Gasteiger partial charge in [-0.3, -0.25) is 4.79 Å². The average molecular weight is 377 g/mol. The van der Waals surface area contributed by atoms with E-state index < -0.39 is 0 Å². The van der Waals surface area contributed by atoms with E-state index in [2.05, 4.69) is 10.6 Å². The predicted octanol–water partition coefficient (Wildman–Crippen LogP) is 3.52. The van der Waals surface area contributed by atoms with Crippen molar-refractivity contribution in [3.63, 3.8) is 0 Å². The van der Waals surface area contributed by atoms with E-state index in [9.17, 15) is 4.79 Å². The third-order valence-electron chi connectivity index (χ3n) is 4.27. The zero-order chi connectivity index (χ0) is 17.5. The fourth-order valence-corrected chi connectivity index (χ4v) is 2.89. The number of benzene rings is 2. The number of carbonyl (C=O) groups excluding carboxylic acids is 1. The van der Waals surface area contributed by atoms with Gasteiger partial charge in [-0.1, -0.05) is 24.3 Å². The molecule has 1 heterocycles. The third kappa shape index (κ3) is 5.73. The number of ether oxygens (including phenoxy) is 2. The molecule has 1 unspecified atom stereocenters. The normalized spacial score (nSPS) is 16.0. The molecule has 0 bridgehead atoms. The first-order valence-electron chi connectivity index (χ1n) is 8.58. The van der Waals surface area contributed by atoms with Gasteiger partial charge < -0.3 is 20.1 Å². The van der Waals surface area contributed by atoms with Crippen LogP contribution in [0.15, 0.2) is 48.5 Å². The molecule has 0 aromatic heterocycles. The number of hydrogen-bond acceptors (Lipinski definition) is 4. The zero-order valence-corrected chi connectivity index (χ0v) is 15.7. The monoisotopic (exact) mass is 376 g/mol. The molecule has 6 heteroatoms. The molecular formula is C20H25ClN2O3. The van der Waals surface area contributed by atoms with E-state index in [4.69, 9.17) is 9.47 Å². The molecule has 1 aliphatic heterocycles. The van der Waals surface area contributed by atoms with Crippen molar-refractivity contribution in [3.05, 3.63) is 59.7 Å². The summed E-state index contributed by atoms with van der Waals surface area (Å²) >= 11 is 0. The fraction of sp³-hybridized carbons (Fsp3) is 0.350. The molecule has 2 N–H and O–H groups in total. The molecule has 0 aliphatic carbocycles. The van der Waals surface area contributed by atoms with Gasteiger partial charge in [0.2, 0.25) is 5.91 Å².